The Labute approximate surface area is 101 Å². The molecule has 1 aromatic rings. The lowest BCUT2D eigenvalue weighted by Gasteiger charge is -2.17. The van der Waals surface area contributed by atoms with E-state index < -0.39 is 35.4 Å². The van der Waals surface area contributed by atoms with Crippen molar-refractivity contribution in [3.8, 4) is 0 Å². The largest absolute Gasteiger partial charge is 0.478 e. The zero-order valence-electron chi connectivity index (χ0n) is 9.05. The van der Waals surface area contributed by atoms with Crippen molar-refractivity contribution < 1.29 is 30.1 Å². The fourth-order valence-corrected chi connectivity index (χ4v) is 1.41. The van der Waals surface area contributed by atoms with Crippen LogP contribution in [-0.4, -0.2) is 44.0 Å². The van der Waals surface area contributed by atoms with Crippen LogP contribution in [0.3, 0.4) is 0 Å². The van der Waals surface area contributed by atoms with Gasteiger partial charge in [0, 0.05) is 17.7 Å². The van der Waals surface area contributed by atoms with Crippen LogP contribution >= 0.6 is 0 Å². The molecule has 1 rings (SSSR count). The quantitative estimate of drug-likeness (QED) is 0.418. The van der Waals surface area contributed by atoms with Gasteiger partial charge in [-0.2, -0.15) is 0 Å². The lowest BCUT2D eigenvalue weighted by molar-refractivity contribution is -0.385. The maximum atomic E-state index is 10.9. The van der Waals surface area contributed by atoms with Gasteiger partial charge in [0.25, 0.3) is 5.69 Å². The molecule has 0 spiro atoms. The van der Waals surface area contributed by atoms with E-state index in [1.807, 2.05) is 0 Å². The minimum atomic E-state index is -1.72. The third kappa shape index (κ3) is 2.80. The number of carboxylic acid groups (broad SMARTS) is 1. The molecule has 0 aliphatic rings. The molecule has 2 atom stereocenters. The van der Waals surface area contributed by atoms with E-state index in [0.717, 1.165) is 18.2 Å². The summed E-state index contributed by atoms with van der Waals surface area (Å²) in [5.41, 5.74) is -1.11. The number of nitro groups is 1. The fraction of sp³-hybridized carbons (Fsp3) is 0.300. The van der Waals surface area contributed by atoms with Crippen LogP contribution in [0.15, 0.2) is 18.2 Å². The van der Waals surface area contributed by atoms with Crippen LogP contribution in [0.5, 0.6) is 0 Å². The van der Waals surface area contributed by atoms with Crippen molar-refractivity contribution in [2.45, 2.75) is 12.2 Å². The lowest BCUT2D eigenvalue weighted by atomic mass is 9.98. The normalized spacial score (nSPS) is 13.9. The van der Waals surface area contributed by atoms with Crippen molar-refractivity contribution in [1.82, 2.24) is 0 Å². The number of rotatable bonds is 5. The van der Waals surface area contributed by atoms with Gasteiger partial charge in [0.1, 0.15) is 12.2 Å². The summed E-state index contributed by atoms with van der Waals surface area (Å²) in [5, 5.41) is 47.0. The van der Waals surface area contributed by atoms with Gasteiger partial charge in [0.2, 0.25) is 0 Å². The van der Waals surface area contributed by atoms with Crippen molar-refractivity contribution in [2.75, 3.05) is 6.61 Å². The fourth-order valence-electron chi connectivity index (χ4n) is 1.41. The average molecular weight is 257 g/mol. The van der Waals surface area contributed by atoms with Gasteiger partial charge in [-0.3, -0.25) is 10.1 Å². The Morgan fingerprint density at radius 2 is 2.00 bits per heavy atom. The number of carboxylic acids is 1. The highest BCUT2D eigenvalue weighted by atomic mass is 16.6. The zero-order valence-corrected chi connectivity index (χ0v) is 9.05. The Bertz CT molecular complexity index is 473. The van der Waals surface area contributed by atoms with Crippen molar-refractivity contribution in [1.29, 1.82) is 0 Å². The van der Waals surface area contributed by atoms with Crippen molar-refractivity contribution >= 4 is 11.7 Å². The van der Waals surface area contributed by atoms with E-state index >= 15 is 0 Å². The van der Waals surface area contributed by atoms with Gasteiger partial charge in [-0.15, -0.1) is 0 Å². The molecule has 0 radical (unpaired) electrons. The van der Waals surface area contributed by atoms with Crippen LogP contribution < -0.4 is 0 Å². The van der Waals surface area contributed by atoms with Gasteiger partial charge < -0.3 is 20.4 Å². The number of hydrogen-bond donors (Lipinski definition) is 4. The average Bonchev–Trinajstić information content (AvgIpc) is 2.35. The number of nitro benzene ring substituents is 1. The molecule has 98 valence electrons. The summed E-state index contributed by atoms with van der Waals surface area (Å²) in [6.07, 6.45) is -3.34. The third-order valence-electron chi connectivity index (χ3n) is 2.35. The first-order chi connectivity index (χ1) is 8.38. The highest BCUT2D eigenvalue weighted by Crippen LogP contribution is 2.26. The Balaban J connectivity index is 3.31. The van der Waals surface area contributed by atoms with Gasteiger partial charge in [0.05, 0.1) is 17.1 Å². The summed E-state index contributed by atoms with van der Waals surface area (Å²) in [5.74, 6) is -1.40. The van der Waals surface area contributed by atoms with E-state index in [1.54, 1.807) is 0 Å². The second-order valence-corrected chi connectivity index (χ2v) is 3.53. The first-order valence-corrected chi connectivity index (χ1v) is 4.87. The molecule has 0 bridgehead atoms. The van der Waals surface area contributed by atoms with Crippen molar-refractivity contribution in [3.63, 3.8) is 0 Å². The molecule has 0 amide bonds. The molecule has 1 aromatic carbocycles. The van der Waals surface area contributed by atoms with E-state index in [4.69, 9.17) is 10.2 Å². The molecular formula is C10H11NO7. The zero-order chi connectivity index (χ0) is 13.9. The lowest BCUT2D eigenvalue weighted by Crippen LogP contribution is -2.24. The summed E-state index contributed by atoms with van der Waals surface area (Å²) >= 11 is 0. The minimum absolute atomic E-state index is 0.321. The molecule has 18 heavy (non-hydrogen) atoms. The summed E-state index contributed by atoms with van der Waals surface area (Å²) in [4.78, 5) is 20.7. The Kier molecular flexibility index (Phi) is 4.32. The Morgan fingerprint density at radius 1 is 1.39 bits per heavy atom. The van der Waals surface area contributed by atoms with Crippen LogP contribution in [0.4, 0.5) is 5.69 Å². The Morgan fingerprint density at radius 3 is 2.44 bits per heavy atom. The number of carbonyl (C=O) groups is 1. The Hall–Kier alpha value is -2.03. The molecule has 0 saturated carbocycles. The van der Waals surface area contributed by atoms with Crippen LogP contribution in [0.25, 0.3) is 0 Å². The molecule has 4 N–H and O–H groups in total. The second kappa shape index (κ2) is 5.54. The SMILES string of the molecule is O=C(O)c1ccc([N+](=O)[O-])cc1C(O)C(O)CO. The summed E-state index contributed by atoms with van der Waals surface area (Å²) in [6, 6.07) is 2.79. The van der Waals surface area contributed by atoms with Crippen molar-refractivity contribution in [3.05, 3.63) is 39.4 Å². The second-order valence-electron chi connectivity index (χ2n) is 3.53. The van der Waals surface area contributed by atoms with E-state index in [-0.39, 0.29) is 11.1 Å². The topological polar surface area (TPSA) is 141 Å². The maximum Gasteiger partial charge on any atom is 0.336 e. The highest BCUT2D eigenvalue weighted by molar-refractivity contribution is 5.90. The van der Waals surface area contributed by atoms with E-state index in [2.05, 4.69) is 0 Å². The molecule has 8 heteroatoms. The van der Waals surface area contributed by atoms with Crippen molar-refractivity contribution in [2.24, 2.45) is 0 Å². The molecule has 0 aliphatic heterocycles. The number of aliphatic hydroxyl groups is 3. The summed E-state index contributed by atoms with van der Waals surface area (Å²) < 4.78 is 0. The van der Waals surface area contributed by atoms with E-state index in [0.29, 0.717) is 0 Å². The van der Waals surface area contributed by atoms with Crippen LogP contribution in [0.1, 0.15) is 22.0 Å². The third-order valence-corrected chi connectivity index (χ3v) is 2.35. The molecule has 2 unspecified atom stereocenters. The molecule has 0 saturated heterocycles. The maximum absolute atomic E-state index is 10.9. The van der Waals surface area contributed by atoms with Gasteiger partial charge >= 0.3 is 5.97 Å². The number of nitrogens with zero attached hydrogens (tertiary/aromatic N) is 1. The van der Waals surface area contributed by atoms with Gasteiger partial charge in [0.15, 0.2) is 0 Å². The predicted octanol–water partition coefficient (Wildman–Crippen LogP) is -0.320. The molecule has 0 aromatic heterocycles. The number of aromatic carboxylic acids is 1. The first kappa shape index (κ1) is 14.0. The molecular weight excluding hydrogens is 246 g/mol. The standard InChI is InChI=1S/C10H11NO7/c12-4-8(13)9(14)7-3-5(11(17)18)1-2-6(7)10(15)16/h1-3,8-9,12-14H,4H2,(H,15,16). The number of benzene rings is 1. The minimum Gasteiger partial charge on any atom is -0.478 e. The smallest absolute Gasteiger partial charge is 0.336 e. The van der Waals surface area contributed by atoms with E-state index in [1.165, 1.54) is 0 Å². The van der Waals surface area contributed by atoms with E-state index in [9.17, 15) is 25.1 Å². The molecule has 0 aliphatic carbocycles. The highest BCUT2D eigenvalue weighted by Gasteiger charge is 2.25. The van der Waals surface area contributed by atoms with Crippen LogP contribution in [0, 0.1) is 10.1 Å². The predicted molar refractivity (Wildman–Crippen MR) is 58.1 cm³/mol. The van der Waals surface area contributed by atoms with Gasteiger partial charge in [-0.25, -0.2) is 4.79 Å². The molecule has 8 nitrogen and oxygen atoms in total. The molecule has 0 fully saturated rings. The first-order valence-electron chi connectivity index (χ1n) is 4.87. The number of hydrogen-bond acceptors (Lipinski definition) is 6. The number of aliphatic hydroxyl groups excluding tert-OH is 3. The molecule has 0 heterocycles. The van der Waals surface area contributed by atoms with Gasteiger partial charge in [-0.05, 0) is 6.07 Å². The van der Waals surface area contributed by atoms with Crippen LogP contribution in [-0.2, 0) is 0 Å². The number of non-ortho nitro benzene ring substituents is 1. The monoisotopic (exact) mass is 257 g/mol. The van der Waals surface area contributed by atoms with Crippen LogP contribution in [0.2, 0.25) is 0 Å². The summed E-state index contributed by atoms with van der Waals surface area (Å²) in [6.45, 7) is -0.803. The summed E-state index contributed by atoms with van der Waals surface area (Å²) in [7, 11) is 0. The van der Waals surface area contributed by atoms with Gasteiger partial charge in [-0.1, -0.05) is 0 Å².